The maximum atomic E-state index is 13.5. The molecule has 2 N–H and O–H groups in total. The van der Waals surface area contributed by atoms with Crippen LogP contribution in [-0.4, -0.2) is 57.1 Å². The van der Waals surface area contributed by atoms with Crippen molar-refractivity contribution in [1.29, 1.82) is 0 Å². The third kappa shape index (κ3) is 5.14. The molecule has 0 radical (unpaired) electrons. The molecule has 1 unspecified atom stereocenters. The van der Waals surface area contributed by atoms with Gasteiger partial charge >= 0.3 is 6.18 Å². The smallest absolute Gasteiger partial charge is 0.361 e. The number of aromatic nitrogens is 6. The normalized spacial score (nSPS) is 13.3. The van der Waals surface area contributed by atoms with Crippen molar-refractivity contribution in [2.75, 3.05) is 18.7 Å². The van der Waals surface area contributed by atoms with Crippen LogP contribution in [0.4, 0.5) is 19.0 Å². The summed E-state index contributed by atoms with van der Waals surface area (Å²) in [6.45, 7) is 6.53. The predicted molar refractivity (Wildman–Crippen MR) is 144 cm³/mol. The van der Waals surface area contributed by atoms with E-state index in [2.05, 4.69) is 25.3 Å². The molecular weight excluding hydrogens is 511 g/mol. The van der Waals surface area contributed by atoms with E-state index in [1.165, 1.54) is 0 Å². The summed E-state index contributed by atoms with van der Waals surface area (Å²) in [4.78, 5) is 16.8. The van der Waals surface area contributed by atoms with Gasteiger partial charge in [-0.3, -0.25) is 4.98 Å². The Kier molecular flexibility index (Phi) is 6.69. The van der Waals surface area contributed by atoms with Gasteiger partial charge in [0, 0.05) is 46.9 Å². The summed E-state index contributed by atoms with van der Waals surface area (Å²) in [5.74, 6) is 0.549. The van der Waals surface area contributed by atoms with Crippen LogP contribution in [0, 0.1) is 6.92 Å². The summed E-state index contributed by atoms with van der Waals surface area (Å²) in [7, 11) is -2.50. The van der Waals surface area contributed by atoms with Gasteiger partial charge < -0.3 is 15.0 Å². The SMILES string of the molecule is Cc1cccc(-c2cnc3[nH]ccc3c2-c2cc3nccc(NCOCC(C(F)(F)F)[Si](C)(C)C)n3n2)n1. The second-order valence-corrected chi connectivity index (χ2v) is 15.7. The number of hydrogen-bond acceptors (Lipinski definition) is 6. The van der Waals surface area contributed by atoms with Crippen LogP contribution in [0.3, 0.4) is 0 Å². The van der Waals surface area contributed by atoms with Gasteiger partial charge in [-0.2, -0.15) is 22.8 Å². The highest BCUT2D eigenvalue weighted by atomic mass is 28.3. The number of halogens is 3. The highest BCUT2D eigenvalue weighted by Crippen LogP contribution is 2.39. The van der Waals surface area contributed by atoms with Crippen LogP contribution >= 0.6 is 0 Å². The Hall–Kier alpha value is -3.77. The lowest BCUT2D eigenvalue weighted by Crippen LogP contribution is -2.41. The zero-order valence-electron chi connectivity index (χ0n) is 21.5. The van der Waals surface area contributed by atoms with Crippen LogP contribution < -0.4 is 5.32 Å². The van der Waals surface area contributed by atoms with E-state index >= 15 is 0 Å². The van der Waals surface area contributed by atoms with E-state index in [1.54, 1.807) is 42.6 Å². The topological polar surface area (TPSA) is 93.0 Å². The van der Waals surface area contributed by atoms with Gasteiger partial charge in [-0.25, -0.2) is 9.97 Å². The Bertz CT molecular complexity index is 1580. The van der Waals surface area contributed by atoms with E-state index in [1.807, 2.05) is 43.5 Å². The number of pyridine rings is 2. The lowest BCUT2D eigenvalue weighted by Gasteiger charge is -2.30. The minimum atomic E-state index is -4.29. The molecule has 198 valence electrons. The van der Waals surface area contributed by atoms with Crippen molar-refractivity contribution in [3.05, 3.63) is 60.7 Å². The molecule has 5 aromatic heterocycles. The van der Waals surface area contributed by atoms with Gasteiger partial charge in [0.05, 0.1) is 31.6 Å². The zero-order valence-corrected chi connectivity index (χ0v) is 22.5. The van der Waals surface area contributed by atoms with Crippen LogP contribution in [0.5, 0.6) is 0 Å². The lowest BCUT2D eigenvalue weighted by atomic mass is 10.0. The first-order valence-electron chi connectivity index (χ1n) is 12.2. The third-order valence-electron chi connectivity index (χ3n) is 6.45. The lowest BCUT2D eigenvalue weighted by molar-refractivity contribution is -0.145. The minimum absolute atomic E-state index is 0.0961. The Morgan fingerprint density at radius 1 is 1.11 bits per heavy atom. The third-order valence-corrected chi connectivity index (χ3v) is 9.03. The van der Waals surface area contributed by atoms with Gasteiger partial charge in [0.1, 0.15) is 18.2 Å². The van der Waals surface area contributed by atoms with Gasteiger partial charge in [-0.1, -0.05) is 25.7 Å². The number of ether oxygens (including phenoxy) is 1. The van der Waals surface area contributed by atoms with E-state index in [9.17, 15) is 13.2 Å². The van der Waals surface area contributed by atoms with Crippen LogP contribution in [-0.2, 0) is 4.74 Å². The standard InChI is InChI=1S/C26H28F3N7OSi/c1-16-6-5-7-19(34-16)18-13-32-25-17(8-10-31-25)24(18)20-12-23-30-11-9-22(36(23)35-20)33-15-37-14-21(26(27,28)29)38(2,3)4/h5-13,21,33H,14-15H2,1-4H3,(H,31,32). The van der Waals surface area contributed by atoms with Crippen molar-refractivity contribution in [3.63, 3.8) is 0 Å². The predicted octanol–water partition coefficient (Wildman–Crippen LogP) is 6.30. The number of nitrogens with one attached hydrogen (secondary N) is 2. The Balaban J connectivity index is 1.46. The summed E-state index contributed by atoms with van der Waals surface area (Å²) in [6.07, 6.45) is 0.923. The molecule has 0 aliphatic heterocycles. The molecule has 5 rings (SSSR count). The fourth-order valence-corrected chi connectivity index (χ4v) is 6.06. The highest BCUT2D eigenvalue weighted by Gasteiger charge is 2.47. The average molecular weight is 540 g/mol. The van der Waals surface area contributed by atoms with E-state index in [0.717, 1.165) is 33.5 Å². The molecule has 0 saturated carbocycles. The van der Waals surface area contributed by atoms with Gasteiger partial charge in [0.2, 0.25) is 0 Å². The first-order valence-corrected chi connectivity index (χ1v) is 15.7. The van der Waals surface area contributed by atoms with Crippen molar-refractivity contribution in [2.24, 2.45) is 0 Å². The van der Waals surface area contributed by atoms with Crippen LogP contribution in [0.25, 0.3) is 39.2 Å². The fourth-order valence-electron chi connectivity index (χ4n) is 4.46. The largest absolute Gasteiger partial charge is 0.391 e. The number of aryl methyl sites for hydroxylation is 1. The number of aromatic amines is 1. The summed E-state index contributed by atoms with van der Waals surface area (Å²) in [6, 6.07) is 11.3. The molecule has 5 heterocycles. The van der Waals surface area contributed by atoms with Gasteiger partial charge in [0.25, 0.3) is 0 Å². The number of alkyl halides is 3. The van der Waals surface area contributed by atoms with Crippen LogP contribution in [0.15, 0.2) is 55.0 Å². The number of fused-ring (bicyclic) bond motifs is 2. The first-order chi connectivity index (χ1) is 18.0. The zero-order chi connectivity index (χ0) is 27.1. The van der Waals surface area contributed by atoms with E-state index in [-0.39, 0.29) is 13.3 Å². The average Bonchev–Trinajstić information content (AvgIpc) is 3.49. The molecule has 0 aliphatic carbocycles. The van der Waals surface area contributed by atoms with Gasteiger partial charge in [-0.05, 0) is 31.2 Å². The van der Waals surface area contributed by atoms with Crippen molar-refractivity contribution in [2.45, 2.75) is 38.3 Å². The molecule has 1 atom stereocenters. The molecular formula is C26H28F3N7OSi. The summed E-state index contributed by atoms with van der Waals surface area (Å²) < 4.78 is 47.6. The molecule has 0 spiro atoms. The summed E-state index contributed by atoms with van der Waals surface area (Å²) >= 11 is 0. The van der Waals surface area contributed by atoms with Crippen molar-refractivity contribution < 1.29 is 17.9 Å². The molecule has 0 saturated heterocycles. The van der Waals surface area contributed by atoms with Crippen molar-refractivity contribution in [1.82, 2.24) is 29.5 Å². The Morgan fingerprint density at radius 2 is 1.92 bits per heavy atom. The van der Waals surface area contributed by atoms with Crippen molar-refractivity contribution in [3.8, 4) is 22.5 Å². The number of hydrogen-bond donors (Lipinski definition) is 2. The number of anilines is 1. The van der Waals surface area contributed by atoms with Crippen LogP contribution in [0.2, 0.25) is 25.2 Å². The number of nitrogens with zero attached hydrogens (tertiary/aromatic N) is 5. The van der Waals surface area contributed by atoms with E-state index in [0.29, 0.717) is 17.2 Å². The molecule has 0 bridgehead atoms. The molecule has 5 aromatic rings. The molecule has 0 aliphatic rings. The summed E-state index contributed by atoms with van der Waals surface area (Å²) in [5, 5.41) is 8.74. The van der Waals surface area contributed by atoms with E-state index < -0.39 is 19.8 Å². The molecule has 0 fully saturated rings. The molecule has 8 nitrogen and oxygen atoms in total. The maximum Gasteiger partial charge on any atom is 0.391 e. The van der Waals surface area contributed by atoms with Crippen LogP contribution in [0.1, 0.15) is 5.69 Å². The second kappa shape index (κ2) is 9.84. The van der Waals surface area contributed by atoms with Crippen molar-refractivity contribution >= 4 is 30.6 Å². The molecule has 0 amide bonds. The second-order valence-electron chi connectivity index (χ2n) is 10.2. The van der Waals surface area contributed by atoms with Gasteiger partial charge in [-0.15, -0.1) is 0 Å². The Labute approximate surface area is 218 Å². The minimum Gasteiger partial charge on any atom is -0.361 e. The first kappa shape index (κ1) is 25.9. The number of rotatable bonds is 8. The quantitative estimate of drug-likeness (QED) is 0.137. The summed E-state index contributed by atoms with van der Waals surface area (Å²) in [5.41, 5.74) is 3.83. The molecule has 38 heavy (non-hydrogen) atoms. The highest BCUT2D eigenvalue weighted by molar-refractivity contribution is 6.77. The van der Waals surface area contributed by atoms with Gasteiger partial charge in [0.15, 0.2) is 5.65 Å². The maximum absolute atomic E-state index is 13.5. The monoisotopic (exact) mass is 539 g/mol. The fraction of sp³-hybridized carbons (Fsp3) is 0.308. The number of H-pyrrole nitrogens is 1. The van der Waals surface area contributed by atoms with E-state index in [4.69, 9.17) is 9.84 Å². The molecule has 0 aromatic carbocycles. The molecule has 12 heteroatoms. The Morgan fingerprint density at radius 3 is 2.66 bits per heavy atom.